The Labute approximate surface area is 230 Å². The normalized spacial score (nSPS) is 15.0. The Morgan fingerprint density at radius 1 is 0.703 bits per heavy atom. The molecule has 0 fully saturated rings. The van der Waals surface area contributed by atoms with E-state index in [2.05, 4.69) is 59.6 Å². The smallest absolute Gasteiger partial charge is 0.193 e. The molecule has 0 aliphatic carbocycles. The first kappa shape index (κ1) is 33.6. The molecular formula is C33H56O3Si. The third kappa shape index (κ3) is 12.8. The van der Waals surface area contributed by atoms with E-state index in [1.165, 1.54) is 44.9 Å². The average molecular weight is 529 g/mol. The van der Waals surface area contributed by atoms with Gasteiger partial charge in [-0.05, 0) is 30.1 Å². The molecule has 0 amide bonds. The Hall–Kier alpha value is -1.46. The van der Waals surface area contributed by atoms with Crippen LogP contribution in [-0.2, 0) is 20.5 Å². The van der Waals surface area contributed by atoms with Crippen LogP contribution in [-0.4, -0.2) is 32.7 Å². The van der Waals surface area contributed by atoms with Crippen molar-refractivity contribution in [3.05, 3.63) is 73.9 Å². The van der Waals surface area contributed by atoms with Crippen LogP contribution in [0.5, 0.6) is 0 Å². The molecule has 0 N–H and O–H groups in total. The Kier molecular flexibility index (Phi) is 18.6. The van der Waals surface area contributed by atoms with Crippen molar-refractivity contribution in [1.29, 1.82) is 0 Å². The van der Waals surface area contributed by atoms with Crippen molar-refractivity contribution >= 4 is 8.32 Å². The standard InChI is InChI=1S/C33H56O3Si/c1-8-15-16-17-18-19-20-24-27-33(30(9-2)34-28-29-25-22-21-23-26-29)35-31(10-3)32(11-4)36-37(12-5,13-6)14-7/h9-11,21-23,25-26,30-33H,2-4,8,12-20,24,27-28H2,1,5-7H3/t30-,31+,32+,33?/m1/s1. The lowest BCUT2D eigenvalue weighted by Crippen LogP contribution is -2.45. The summed E-state index contributed by atoms with van der Waals surface area (Å²) in [4.78, 5) is 0. The van der Waals surface area contributed by atoms with E-state index in [-0.39, 0.29) is 24.4 Å². The predicted molar refractivity (Wildman–Crippen MR) is 164 cm³/mol. The van der Waals surface area contributed by atoms with Gasteiger partial charge in [0.05, 0.1) is 18.8 Å². The zero-order valence-corrected chi connectivity index (χ0v) is 25.5. The summed E-state index contributed by atoms with van der Waals surface area (Å²) in [6.45, 7) is 21.9. The Morgan fingerprint density at radius 2 is 1.24 bits per heavy atom. The fourth-order valence-corrected chi connectivity index (χ4v) is 7.70. The maximum Gasteiger partial charge on any atom is 0.193 e. The van der Waals surface area contributed by atoms with Crippen LogP contribution in [0.4, 0.5) is 0 Å². The second kappa shape index (κ2) is 20.5. The largest absolute Gasteiger partial charge is 0.408 e. The molecule has 0 saturated carbocycles. The summed E-state index contributed by atoms with van der Waals surface area (Å²) >= 11 is 0. The van der Waals surface area contributed by atoms with Gasteiger partial charge >= 0.3 is 0 Å². The molecule has 4 heteroatoms. The number of benzene rings is 1. The topological polar surface area (TPSA) is 27.7 Å². The number of hydrogen-bond donors (Lipinski definition) is 0. The van der Waals surface area contributed by atoms with E-state index in [1.807, 2.05) is 36.4 Å². The molecule has 1 rings (SSSR count). The molecule has 0 spiro atoms. The van der Waals surface area contributed by atoms with Crippen molar-refractivity contribution in [3.63, 3.8) is 0 Å². The first-order valence-electron chi connectivity index (χ1n) is 14.9. The van der Waals surface area contributed by atoms with Crippen LogP contribution < -0.4 is 0 Å². The quantitative estimate of drug-likeness (QED) is 0.0759. The Balaban J connectivity index is 2.90. The molecule has 3 nitrogen and oxygen atoms in total. The molecule has 0 aliphatic rings. The van der Waals surface area contributed by atoms with Crippen molar-refractivity contribution in [3.8, 4) is 0 Å². The highest BCUT2D eigenvalue weighted by molar-refractivity contribution is 6.73. The summed E-state index contributed by atoms with van der Waals surface area (Å²) in [5.41, 5.74) is 1.15. The average Bonchev–Trinajstić information content (AvgIpc) is 2.94. The van der Waals surface area contributed by atoms with Crippen LogP contribution >= 0.6 is 0 Å². The second-order valence-corrected chi connectivity index (χ2v) is 14.9. The lowest BCUT2D eigenvalue weighted by molar-refractivity contribution is -0.0991. The molecule has 37 heavy (non-hydrogen) atoms. The van der Waals surface area contributed by atoms with E-state index in [4.69, 9.17) is 13.9 Å². The summed E-state index contributed by atoms with van der Waals surface area (Å²) in [7, 11) is -1.83. The summed E-state index contributed by atoms with van der Waals surface area (Å²) in [6, 6.07) is 13.6. The molecule has 0 aliphatic heterocycles. The van der Waals surface area contributed by atoms with Gasteiger partial charge in [-0.2, -0.15) is 0 Å². The van der Waals surface area contributed by atoms with Crippen LogP contribution in [0.2, 0.25) is 18.1 Å². The highest BCUT2D eigenvalue weighted by Crippen LogP contribution is 2.27. The third-order valence-corrected chi connectivity index (χ3v) is 12.3. The third-order valence-electron chi connectivity index (χ3n) is 7.67. The number of rotatable bonds is 24. The molecule has 0 radical (unpaired) electrons. The lowest BCUT2D eigenvalue weighted by atomic mass is 10.0. The van der Waals surface area contributed by atoms with Gasteiger partial charge in [-0.3, -0.25) is 0 Å². The summed E-state index contributed by atoms with van der Waals surface area (Å²) in [5.74, 6) is 0. The molecule has 210 valence electrons. The summed E-state index contributed by atoms with van der Waals surface area (Å²) < 4.78 is 19.9. The Bertz CT molecular complexity index is 707. The van der Waals surface area contributed by atoms with Gasteiger partial charge in [0.15, 0.2) is 8.32 Å². The highest BCUT2D eigenvalue weighted by atomic mass is 28.4. The maximum absolute atomic E-state index is 6.78. The van der Waals surface area contributed by atoms with Gasteiger partial charge in [-0.25, -0.2) is 0 Å². The Morgan fingerprint density at radius 3 is 1.76 bits per heavy atom. The second-order valence-electron chi connectivity index (χ2n) is 10.2. The minimum absolute atomic E-state index is 0.115. The highest BCUT2D eigenvalue weighted by Gasteiger charge is 2.35. The van der Waals surface area contributed by atoms with E-state index in [9.17, 15) is 0 Å². The summed E-state index contributed by atoms with van der Waals surface area (Å²) in [5, 5.41) is 0. The van der Waals surface area contributed by atoms with E-state index in [1.54, 1.807) is 0 Å². The minimum Gasteiger partial charge on any atom is -0.408 e. The van der Waals surface area contributed by atoms with Crippen LogP contribution in [0.15, 0.2) is 68.3 Å². The molecule has 0 bridgehead atoms. The van der Waals surface area contributed by atoms with Crippen LogP contribution in [0, 0.1) is 0 Å². The van der Waals surface area contributed by atoms with E-state index in [0.29, 0.717) is 6.61 Å². The molecule has 1 unspecified atom stereocenters. The summed E-state index contributed by atoms with van der Waals surface area (Å²) in [6.07, 6.45) is 16.1. The maximum atomic E-state index is 6.78. The van der Waals surface area contributed by atoms with E-state index >= 15 is 0 Å². The SMILES string of the molecule is C=C[C@H](OC(CCCCCCCCCC)[C@@H](C=C)OCc1ccccc1)[C@H](C=C)O[Si](CC)(CC)CC. The number of ether oxygens (including phenoxy) is 2. The monoisotopic (exact) mass is 528 g/mol. The van der Waals surface area contributed by atoms with Crippen molar-refractivity contribution in [2.75, 3.05) is 0 Å². The number of unbranched alkanes of at least 4 members (excludes halogenated alkanes) is 7. The van der Waals surface area contributed by atoms with E-state index < -0.39 is 8.32 Å². The van der Waals surface area contributed by atoms with Gasteiger partial charge in [-0.15, -0.1) is 19.7 Å². The van der Waals surface area contributed by atoms with Gasteiger partial charge in [-0.1, -0.05) is 128 Å². The van der Waals surface area contributed by atoms with Crippen LogP contribution in [0.25, 0.3) is 0 Å². The van der Waals surface area contributed by atoms with Crippen molar-refractivity contribution in [2.45, 2.75) is 135 Å². The van der Waals surface area contributed by atoms with Crippen LogP contribution in [0.1, 0.15) is 91.0 Å². The van der Waals surface area contributed by atoms with Gasteiger partial charge < -0.3 is 13.9 Å². The lowest BCUT2D eigenvalue weighted by Gasteiger charge is -2.37. The van der Waals surface area contributed by atoms with Crippen molar-refractivity contribution in [2.24, 2.45) is 0 Å². The fourth-order valence-electron chi connectivity index (χ4n) is 4.89. The molecule has 0 saturated heterocycles. The van der Waals surface area contributed by atoms with E-state index in [0.717, 1.165) is 36.5 Å². The van der Waals surface area contributed by atoms with Crippen molar-refractivity contribution in [1.82, 2.24) is 0 Å². The first-order chi connectivity index (χ1) is 18.0. The zero-order valence-electron chi connectivity index (χ0n) is 24.5. The predicted octanol–water partition coefficient (Wildman–Crippen LogP) is 9.80. The molecule has 4 atom stereocenters. The first-order valence-corrected chi connectivity index (χ1v) is 17.4. The molecule has 0 aromatic heterocycles. The van der Waals surface area contributed by atoms with Gasteiger partial charge in [0.2, 0.25) is 0 Å². The molecule has 1 aromatic rings. The molecule has 1 aromatic carbocycles. The number of hydrogen-bond acceptors (Lipinski definition) is 3. The van der Waals surface area contributed by atoms with Gasteiger partial charge in [0, 0.05) is 0 Å². The zero-order chi connectivity index (χ0) is 27.4. The van der Waals surface area contributed by atoms with Crippen molar-refractivity contribution < 1.29 is 13.9 Å². The fraction of sp³-hybridized carbons (Fsp3) is 0.636. The minimum atomic E-state index is -1.83. The van der Waals surface area contributed by atoms with Crippen LogP contribution in [0.3, 0.4) is 0 Å². The molecule has 0 heterocycles. The van der Waals surface area contributed by atoms with Gasteiger partial charge in [0.1, 0.15) is 12.2 Å². The molecular weight excluding hydrogens is 472 g/mol. The van der Waals surface area contributed by atoms with Gasteiger partial charge in [0.25, 0.3) is 0 Å².